The molecule has 1 amide bonds. The molecule has 0 aromatic heterocycles. The van der Waals surface area contributed by atoms with E-state index in [1.165, 1.54) is 0 Å². The molecule has 2 rings (SSSR count). The molecule has 2 aliphatic rings. The highest BCUT2D eigenvalue weighted by Crippen LogP contribution is 2.09. The molecule has 0 saturated carbocycles. The normalized spacial score (nSPS) is 32.5. The van der Waals surface area contributed by atoms with E-state index in [0.717, 1.165) is 39.3 Å². The summed E-state index contributed by atoms with van der Waals surface area (Å²) in [6, 6.07) is -0.195. The molecule has 6 nitrogen and oxygen atoms in total. The second-order valence-electron chi connectivity index (χ2n) is 4.87. The first-order valence-corrected chi connectivity index (χ1v) is 6.21. The summed E-state index contributed by atoms with van der Waals surface area (Å²) in [7, 11) is 2.10. The number of primary amides is 1. The minimum atomic E-state index is -0.249. The number of ether oxygens (including phenoxy) is 1. The number of hydrogen-bond acceptors (Lipinski definition) is 5. The maximum Gasteiger partial charge on any atom is 0.236 e. The number of rotatable bonds is 3. The van der Waals surface area contributed by atoms with Crippen LogP contribution in [-0.4, -0.2) is 80.8 Å². The fraction of sp³-hybridized carbons (Fsp3) is 0.909. The van der Waals surface area contributed by atoms with Crippen LogP contribution in [0.25, 0.3) is 0 Å². The summed E-state index contributed by atoms with van der Waals surface area (Å²) in [4.78, 5) is 15.8. The van der Waals surface area contributed by atoms with Gasteiger partial charge in [-0.25, -0.2) is 0 Å². The number of nitrogens with zero attached hydrogens (tertiary/aromatic N) is 2. The highest BCUT2D eigenvalue weighted by atomic mass is 16.5. The van der Waals surface area contributed by atoms with Crippen molar-refractivity contribution in [2.24, 2.45) is 5.73 Å². The van der Waals surface area contributed by atoms with Crippen molar-refractivity contribution in [2.75, 3.05) is 52.9 Å². The van der Waals surface area contributed by atoms with Crippen molar-refractivity contribution in [3.8, 4) is 0 Å². The van der Waals surface area contributed by atoms with E-state index < -0.39 is 0 Å². The van der Waals surface area contributed by atoms with Gasteiger partial charge in [-0.2, -0.15) is 0 Å². The van der Waals surface area contributed by atoms with Crippen LogP contribution in [0, 0.1) is 0 Å². The summed E-state index contributed by atoms with van der Waals surface area (Å²) in [5.41, 5.74) is 5.42. The zero-order chi connectivity index (χ0) is 12.3. The molecule has 0 aromatic carbocycles. The molecule has 2 heterocycles. The van der Waals surface area contributed by atoms with Gasteiger partial charge in [0, 0.05) is 39.3 Å². The second-order valence-corrected chi connectivity index (χ2v) is 4.87. The summed E-state index contributed by atoms with van der Waals surface area (Å²) in [6.45, 7) is 5.89. The summed E-state index contributed by atoms with van der Waals surface area (Å²) in [5, 5.41) is 3.20. The molecular weight excluding hydrogens is 220 g/mol. The maximum absolute atomic E-state index is 11.4. The first-order valence-electron chi connectivity index (χ1n) is 6.21. The van der Waals surface area contributed by atoms with E-state index in [1.54, 1.807) is 0 Å². The number of piperazine rings is 1. The molecule has 2 unspecified atom stereocenters. The fourth-order valence-electron chi connectivity index (χ4n) is 2.48. The highest BCUT2D eigenvalue weighted by Gasteiger charge is 2.30. The standard InChI is InChI=1S/C11H22N4O2/c1-14-4-5-17-9(7-14)8-15-3-2-13-6-10(15)11(12)16/h9-10,13H,2-8H2,1H3,(H2,12,16). The Balaban J connectivity index is 1.89. The van der Waals surface area contributed by atoms with E-state index in [0.29, 0.717) is 6.54 Å². The van der Waals surface area contributed by atoms with Gasteiger partial charge in [0.05, 0.1) is 12.7 Å². The van der Waals surface area contributed by atoms with Gasteiger partial charge >= 0.3 is 0 Å². The van der Waals surface area contributed by atoms with Crippen LogP contribution < -0.4 is 11.1 Å². The number of nitrogens with two attached hydrogens (primary N) is 1. The van der Waals surface area contributed by atoms with Crippen LogP contribution in [0.3, 0.4) is 0 Å². The lowest BCUT2D eigenvalue weighted by Gasteiger charge is -2.38. The molecule has 98 valence electrons. The Kier molecular flexibility index (Phi) is 4.33. The molecule has 0 spiro atoms. The van der Waals surface area contributed by atoms with Crippen molar-refractivity contribution < 1.29 is 9.53 Å². The minimum Gasteiger partial charge on any atom is -0.374 e. The van der Waals surface area contributed by atoms with Crippen molar-refractivity contribution in [3.05, 3.63) is 0 Å². The van der Waals surface area contributed by atoms with Gasteiger partial charge in [-0.1, -0.05) is 0 Å². The smallest absolute Gasteiger partial charge is 0.236 e. The van der Waals surface area contributed by atoms with Crippen LogP contribution in [0.4, 0.5) is 0 Å². The third-order valence-electron chi connectivity index (χ3n) is 3.46. The van der Waals surface area contributed by atoms with Crippen LogP contribution in [0.2, 0.25) is 0 Å². The van der Waals surface area contributed by atoms with E-state index in [2.05, 4.69) is 22.2 Å². The summed E-state index contributed by atoms with van der Waals surface area (Å²) < 4.78 is 5.72. The molecule has 2 atom stereocenters. The van der Waals surface area contributed by atoms with Crippen LogP contribution >= 0.6 is 0 Å². The van der Waals surface area contributed by atoms with Gasteiger partial charge in [0.15, 0.2) is 0 Å². The number of amides is 1. The predicted octanol–water partition coefficient (Wildman–Crippen LogP) is -1.92. The van der Waals surface area contributed by atoms with Crippen molar-refractivity contribution in [2.45, 2.75) is 12.1 Å². The van der Waals surface area contributed by atoms with E-state index in [1.807, 2.05) is 0 Å². The summed E-state index contributed by atoms with van der Waals surface area (Å²) in [6.07, 6.45) is 0.189. The number of carbonyl (C=O) groups is 1. The van der Waals surface area contributed by atoms with Crippen molar-refractivity contribution in [3.63, 3.8) is 0 Å². The molecule has 6 heteroatoms. The van der Waals surface area contributed by atoms with Gasteiger partial charge in [0.25, 0.3) is 0 Å². The molecule has 2 fully saturated rings. The van der Waals surface area contributed by atoms with E-state index in [4.69, 9.17) is 10.5 Å². The van der Waals surface area contributed by atoms with Gasteiger partial charge in [-0.3, -0.25) is 9.69 Å². The van der Waals surface area contributed by atoms with Gasteiger partial charge in [0.2, 0.25) is 5.91 Å². The molecule has 0 radical (unpaired) electrons. The Labute approximate surface area is 102 Å². The predicted molar refractivity (Wildman–Crippen MR) is 64.7 cm³/mol. The minimum absolute atomic E-state index is 0.189. The zero-order valence-electron chi connectivity index (χ0n) is 10.4. The highest BCUT2D eigenvalue weighted by molar-refractivity contribution is 5.80. The molecule has 2 saturated heterocycles. The van der Waals surface area contributed by atoms with Crippen molar-refractivity contribution >= 4 is 5.91 Å². The van der Waals surface area contributed by atoms with Crippen molar-refractivity contribution in [1.82, 2.24) is 15.1 Å². The van der Waals surface area contributed by atoms with Gasteiger partial charge < -0.3 is 20.7 Å². The molecule has 0 bridgehead atoms. The Bertz CT molecular complexity index is 274. The first-order chi connectivity index (χ1) is 8.16. The Hall–Kier alpha value is -0.690. The topological polar surface area (TPSA) is 70.8 Å². The number of carbonyl (C=O) groups excluding carboxylic acids is 1. The molecule has 2 aliphatic heterocycles. The molecule has 3 N–H and O–H groups in total. The third-order valence-corrected chi connectivity index (χ3v) is 3.46. The average molecular weight is 242 g/mol. The lowest BCUT2D eigenvalue weighted by Crippen LogP contribution is -2.59. The van der Waals surface area contributed by atoms with Gasteiger partial charge in [-0.05, 0) is 7.05 Å². The molecular formula is C11H22N4O2. The SMILES string of the molecule is CN1CCOC(CN2CCNCC2C(N)=O)C1. The van der Waals surface area contributed by atoms with Crippen LogP contribution in [-0.2, 0) is 9.53 Å². The maximum atomic E-state index is 11.4. The summed E-state index contributed by atoms with van der Waals surface area (Å²) >= 11 is 0. The Morgan fingerprint density at radius 2 is 2.35 bits per heavy atom. The van der Waals surface area contributed by atoms with Crippen LogP contribution in [0.15, 0.2) is 0 Å². The second kappa shape index (κ2) is 5.77. The zero-order valence-corrected chi connectivity index (χ0v) is 10.4. The monoisotopic (exact) mass is 242 g/mol. The molecule has 0 aromatic rings. The van der Waals surface area contributed by atoms with Crippen molar-refractivity contribution in [1.29, 1.82) is 0 Å². The van der Waals surface area contributed by atoms with Crippen LogP contribution in [0.5, 0.6) is 0 Å². The Morgan fingerprint density at radius 1 is 1.53 bits per heavy atom. The summed E-state index contributed by atoms with van der Waals surface area (Å²) in [5.74, 6) is -0.249. The molecule has 0 aliphatic carbocycles. The largest absolute Gasteiger partial charge is 0.374 e. The first kappa shape index (κ1) is 12.8. The number of nitrogens with one attached hydrogen (secondary N) is 1. The number of hydrogen-bond donors (Lipinski definition) is 2. The lowest BCUT2D eigenvalue weighted by atomic mass is 10.1. The van der Waals surface area contributed by atoms with E-state index >= 15 is 0 Å². The lowest BCUT2D eigenvalue weighted by molar-refractivity contribution is -0.125. The fourth-order valence-corrected chi connectivity index (χ4v) is 2.48. The number of likely N-dealkylation sites (N-methyl/N-ethyl adjacent to an activating group) is 1. The van der Waals surface area contributed by atoms with E-state index in [-0.39, 0.29) is 18.1 Å². The average Bonchev–Trinajstić information content (AvgIpc) is 2.29. The van der Waals surface area contributed by atoms with Crippen LogP contribution in [0.1, 0.15) is 0 Å². The Morgan fingerprint density at radius 3 is 3.06 bits per heavy atom. The molecule has 17 heavy (non-hydrogen) atoms. The van der Waals surface area contributed by atoms with Gasteiger partial charge in [0.1, 0.15) is 6.04 Å². The van der Waals surface area contributed by atoms with E-state index in [9.17, 15) is 4.79 Å². The quantitative estimate of drug-likeness (QED) is 0.603. The third kappa shape index (κ3) is 3.38. The van der Waals surface area contributed by atoms with Gasteiger partial charge in [-0.15, -0.1) is 0 Å². The number of morpholine rings is 1.